The van der Waals surface area contributed by atoms with E-state index in [0.717, 1.165) is 11.1 Å². The van der Waals surface area contributed by atoms with E-state index < -0.39 is 10.0 Å². The van der Waals surface area contributed by atoms with Crippen molar-refractivity contribution in [1.82, 2.24) is 10.0 Å². The lowest BCUT2D eigenvalue weighted by Gasteiger charge is -2.08. The number of sulfonamides is 1. The lowest BCUT2D eigenvalue weighted by Crippen LogP contribution is -2.27. The van der Waals surface area contributed by atoms with Gasteiger partial charge in [-0.25, -0.2) is 13.1 Å². The van der Waals surface area contributed by atoms with Gasteiger partial charge in [0.15, 0.2) is 0 Å². The van der Waals surface area contributed by atoms with Crippen LogP contribution in [-0.4, -0.2) is 34.6 Å². The van der Waals surface area contributed by atoms with E-state index in [1.165, 1.54) is 19.2 Å². The zero-order valence-electron chi connectivity index (χ0n) is 15.1. The Bertz CT molecular complexity index is 837. The van der Waals surface area contributed by atoms with Gasteiger partial charge in [-0.05, 0) is 41.8 Å². The van der Waals surface area contributed by atoms with Gasteiger partial charge in [-0.2, -0.15) is 0 Å². The second kappa shape index (κ2) is 10.4. The van der Waals surface area contributed by atoms with Crippen LogP contribution in [0.2, 0.25) is 5.02 Å². The van der Waals surface area contributed by atoms with Gasteiger partial charge in [0.2, 0.25) is 15.9 Å². The van der Waals surface area contributed by atoms with Gasteiger partial charge < -0.3 is 10.1 Å². The summed E-state index contributed by atoms with van der Waals surface area (Å²) in [6.45, 7) is 0.862. The van der Waals surface area contributed by atoms with Gasteiger partial charge in [0.25, 0.3) is 0 Å². The minimum atomic E-state index is -3.55. The van der Waals surface area contributed by atoms with Crippen LogP contribution in [-0.2, 0) is 32.5 Å². The van der Waals surface area contributed by atoms with Gasteiger partial charge in [-0.15, -0.1) is 0 Å². The summed E-state index contributed by atoms with van der Waals surface area (Å²) in [4.78, 5) is 12.2. The van der Waals surface area contributed by atoms with Gasteiger partial charge in [0, 0.05) is 31.6 Å². The van der Waals surface area contributed by atoms with Gasteiger partial charge in [0.1, 0.15) is 0 Å². The molecular weight excluding hydrogens is 388 g/mol. The molecule has 8 heteroatoms. The molecule has 0 bridgehead atoms. The molecule has 0 aliphatic rings. The minimum absolute atomic E-state index is 0.0668. The Morgan fingerprint density at radius 2 is 1.67 bits per heavy atom. The number of amides is 1. The van der Waals surface area contributed by atoms with Crippen LogP contribution in [0.1, 0.15) is 17.5 Å². The van der Waals surface area contributed by atoms with E-state index in [4.69, 9.17) is 16.3 Å². The molecule has 2 aromatic carbocycles. The lowest BCUT2D eigenvalue weighted by molar-refractivity contribution is -0.121. The van der Waals surface area contributed by atoms with Crippen LogP contribution in [0.25, 0.3) is 0 Å². The van der Waals surface area contributed by atoms with Gasteiger partial charge in [-0.3, -0.25) is 4.79 Å². The van der Waals surface area contributed by atoms with Crippen molar-refractivity contribution in [2.75, 3.05) is 20.3 Å². The SMILES string of the molecule is COCCNS(=O)(=O)c1ccc(CNC(=O)CCc2ccc(Cl)cc2)cc1. The summed E-state index contributed by atoms with van der Waals surface area (Å²) in [5.74, 6) is -0.0668. The number of nitrogens with one attached hydrogen (secondary N) is 2. The van der Waals surface area contributed by atoms with E-state index in [1.54, 1.807) is 24.3 Å². The number of hydrogen-bond donors (Lipinski definition) is 2. The number of carbonyl (C=O) groups is 1. The molecule has 0 unspecified atom stereocenters. The highest BCUT2D eigenvalue weighted by atomic mass is 35.5. The summed E-state index contributed by atoms with van der Waals surface area (Å²) in [5.41, 5.74) is 1.87. The molecule has 27 heavy (non-hydrogen) atoms. The first-order chi connectivity index (χ1) is 12.9. The van der Waals surface area contributed by atoms with Crippen molar-refractivity contribution < 1.29 is 17.9 Å². The van der Waals surface area contributed by atoms with E-state index in [2.05, 4.69) is 10.0 Å². The van der Waals surface area contributed by atoms with Crippen molar-refractivity contribution in [3.05, 3.63) is 64.7 Å². The van der Waals surface area contributed by atoms with E-state index in [0.29, 0.717) is 31.0 Å². The van der Waals surface area contributed by atoms with Crippen LogP contribution in [0.3, 0.4) is 0 Å². The number of ether oxygens (including phenoxy) is 1. The Labute approximate surface area is 164 Å². The monoisotopic (exact) mass is 410 g/mol. The van der Waals surface area contributed by atoms with Crippen molar-refractivity contribution in [2.24, 2.45) is 0 Å². The van der Waals surface area contributed by atoms with Crippen molar-refractivity contribution in [2.45, 2.75) is 24.3 Å². The molecule has 146 valence electrons. The zero-order chi connectivity index (χ0) is 19.7. The topological polar surface area (TPSA) is 84.5 Å². The largest absolute Gasteiger partial charge is 0.383 e. The Morgan fingerprint density at radius 3 is 2.30 bits per heavy atom. The lowest BCUT2D eigenvalue weighted by atomic mass is 10.1. The number of methoxy groups -OCH3 is 1. The number of rotatable bonds is 10. The normalized spacial score (nSPS) is 11.3. The van der Waals surface area contributed by atoms with E-state index in [1.807, 2.05) is 12.1 Å². The van der Waals surface area contributed by atoms with E-state index in [9.17, 15) is 13.2 Å². The maximum atomic E-state index is 12.1. The summed E-state index contributed by atoms with van der Waals surface area (Å²) >= 11 is 5.84. The average Bonchev–Trinajstić information content (AvgIpc) is 2.66. The Kier molecular flexibility index (Phi) is 8.24. The second-order valence-electron chi connectivity index (χ2n) is 5.94. The standard InChI is InChI=1S/C19H23ClN2O4S/c1-26-13-12-22-27(24,25)18-9-4-16(5-10-18)14-21-19(23)11-6-15-2-7-17(20)8-3-15/h2-5,7-10,22H,6,11-14H2,1H3,(H,21,23). The molecule has 0 saturated heterocycles. The van der Waals surface area contributed by atoms with Gasteiger partial charge in [-0.1, -0.05) is 35.9 Å². The maximum absolute atomic E-state index is 12.1. The predicted molar refractivity (Wildman–Crippen MR) is 105 cm³/mol. The van der Waals surface area contributed by atoms with Crippen LogP contribution >= 0.6 is 11.6 Å². The molecule has 2 rings (SSSR count). The van der Waals surface area contributed by atoms with Crippen LogP contribution in [0.5, 0.6) is 0 Å². The third kappa shape index (κ3) is 7.30. The highest BCUT2D eigenvalue weighted by Gasteiger charge is 2.13. The average molecular weight is 411 g/mol. The maximum Gasteiger partial charge on any atom is 0.240 e. The van der Waals surface area contributed by atoms with Crippen molar-refractivity contribution >= 4 is 27.5 Å². The summed E-state index contributed by atoms with van der Waals surface area (Å²) in [6, 6.07) is 13.8. The van der Waals surface area contributed by atoms with E-state index in [-0.39, 0.29) is 17.3 Å². The number of benzene rings is 2. The molecule has 1 amide bonds. The number of halogens is 1. The summed E-state index contributed by atoms with van der Waals surface area (Å²) in [7, 11) is -2.04. The third-order valence-corrected chi connectivity index (χ3v) is 5.60. The number of hydrogen-bond acceptors (Lipinski definition) is 4. The van der Waals surface area contributed by atoms with Gasteiger partial charge >= 0.3 is 0 Å². The number of aryl methyl sites for hydroxylation is 1. The summed E-state index contributed by atoms with van der Waals surface area (Å²) < 4.78 is 31.4. The minimum Gasteiger partial charge on any atom is -0.383 e. The molecule has 2 aromatic rings. The Balaban J connectivity index is 1.80. The molecule has 0 atom stereocenters. The van der Waals surface area contributed by atoms with Crippen LogP contribution in [0.4, 0.5) is 0 Å². The molecule has 0 aliphatic carbocycles. The first-order valence-corrected chi connectivity index (χ1v) is 10.4. The summed E-state index contributed by atoms with van der Waals surface area (Å²) in [5, 5.41) is 3.50. The molecule has 0 radical (unpaired) electrons. The highest BCUT2D eigenvalue weighted by molar-refractivity contribution is 7.89. The first kappa shape index (κ1) is 21.4. The molecule has 0 saturated carbocycles. The molecule has 0 aliphatic heterocycles. The first-order valence-electron chi connectivity index (χ1n) is 8.49. The molecule has 2 N–H and O–H groups in total. The van der Waals surface area contributed by atoms with Crippen molar-refractivity contribution in [1.29, 1.82) is 0 Å². The second-order valence-corrected chi connectivity index (χ2v) is 8.14. The third-order valence-electron chi connectivity index (χ3n) is 3.88. The van der Waals surface area contributed by atoms with Crippen LogP contribution < -0.4 is 10.0 Å². The highest BCUT2D eigenvalue weighted by Crippen LogP contribution is 2.12. The van der Waals surface area contributed by atoms with Crippen LogP contribution in [0, 0.1) is 0 Å². The molecule has 0 spiro atoms. The smallest absolute Gasteiger partial charge is 0.240 e. The van der Waals surface area contributed by atoms with E-state index >= 15 is 0 Å². The fourth-order valence-electron chi connectivity index (χ4n) is 2.35. The molecule has 0 fully saturated rings. The molecule has 6 nitrogen and oxygen atoms in total. The van der Waals surface area contributed by atoms with Crippen molar-refractivity contribution in [3.8, 4) is 0 Å². The predicted octanol–water partition coefficient (Wildman–Crippen LogP) is 2.51. The van der Waals surface area contributed by atoms with Crippen molar-refractivity contribution in [3.63, 3.8) is 0 Å². The van der Waals surface area contributed by atoms with Gasteiger partial charge in [0.05, 0.1) is 11.5 Å². The summed E-state index contributed by atoms with van der Waals surface area (Å²) in [6.07, 6.45) is 1.00. The molecule has 0 aromatic heterocycles. The molecular formula is C19H23ClN2O4S. The fraction of sp³-hybridized carbons (Fsp3) is 0.316. The molecule has 0 heterocycles. The Hall–Kier alpha value is -1.93. The Morgan fingerprint density at radius 1 is 1.04 bits per heavy atom. The number of carbonyl (C=O) groups excluding carboxylic acids is 1. The fourth-order valence-corrected chi connectivity index (χ4v) is 3.48. The van der Waals surface area contributed by atoms with Crippen LogP contribution in [0.15, 0.2) is 53.4 Å². The zero-order valence-corrected chi connectivity index (χ0v) is 16.6. The quantitative estimate of drug-likeness (QED) is 0.589.